The highest BCUT2D eigenvalue weighted by Gasteiger charge is 2.46. The van der Waals surface area contributed by atoms with Crippen molar-refractivity contribution in [2.24, 2.45) is 7.05 Å². The number of nitriles is 1. The zero-order valence-electron chi connectivity index (χ0n) is 29.2. The van der Waals surface area contributed by atoms with E-state index in [1.165, 1.54) is 4.74 Å². The fraction of sp³-hybridized carbons (Fsp3) is 0.459. The number of amides is 1. The van der Waals surface area contributed by atoms with Crippen LogP contribution < -0.4 is 11.1 Å². The van der Waals surface area contributed by atoms with Gasteiger partial charge in [-0.25, -0.2) is 4.79 Å². The molecule has 0 bridgehead atoms. The molecule has 3 aromatic rings. The molecule has 10 heteroatoms. The third-order valence-corrected chi connectivity index (χ3v) is 9.34. The van der Waals surface area contributed by atoms with Gasteiger partial charge in [-0.15, -0.1) is 0 Å². The van der Waals surface area contributed by atoms with E-state index in [9.17, 15) is 14.9 Å². The molecule has 1 amide bonds. The van der Waals surface area contributed by atoms with Crippen LogP contribution in [0.15, 0.2) is 64.6 Å². The van der Waals surface area contributed by atoms with Gasteiger partial charge in [-0.3, -0.25) is 4.79 Å². The number of fused-ring (bicyclic) bond motifs is 2. The average Bonchev–Trinajstić information content (AvgIpc) is 3.33. The van der Waals surface area contributed by atoms with E-state index < -0.39 is 11.2 Å². The van der Waals surface area contributed by atoms with E-state index in [4.69, 9.17) is 4.52 Å². The molecule has 2 unspecified atom stereocenters. The number of aromatic nitrogens is 2. The summed E-state index contributed by atoms with van der Waals surface area (Å²) in [5.41, 5.74) is 6.59. The minimum atomic E-state index is -0.906. The Hall–Kier alpha value is -4.62. The maximum absolute atomic E-state index is 13.1. The highest BCUT2D eigenvalue weighted by atomic mass is 16.5. The number of carbonyl (C=O) groups excluding carboxylic acids is 1. The molecule has 0 spiro atoms. The van der Waals surface area contributed by atoms with E-state index in [0.29, 0.717) is 43.7 Å². The molecule has 1 aromatic heterocycles. The quantitative estimate of drug-likeness (QED) is 0.290. The van der Waals surface area contributed by atoms with Crippen LogP contribution in [0.3, 0.4) is 0 Å². The fourth-order valence-corrected chi connectivity index (χ4v) is 6.90. The van der Waals surface area contributed by atoms with Crippen LogP contribution in [0.25, 0.3) is 5.70 Å². The minimum absolute atomic E-state index is 0.0738. The molecule has 0 aliphatic heterocycles. The number of rotatable bonds is 13. The molecular weight excluding hydrogens is 590 g/mol. The van der Waals surface area contributed by atoms with E-state index in [0.717, 1.165) is 45.6 Å². The fourth-order valence-electron chi connectivity index (χ4n) is 6.90. The van der Waals surface area contributed by atoms with Gasteiger partial charge in [-0.2, -0.15) is 15.0 Å². The Bertz CT molecular complexity index is 1670. The zero-order chi connectivity index (χ0) is 34.6. The molecule has 0 saturated heterocycles. The summed E-state index contributed by atoms with van der Waals surface area (Å²) in [7, 11) is 9.16. The lowest BCUT2D eigenvalue weighted by molar-refractivity contribution is 0.0827. The lowest BCUT2D eigenvalue weighted by atomic mass is 9.67. The zero-order valence-corrected chi connectivity index (χ0v) is 29.2. The summed E-state index contributed by atoms with van der Waals surface area (Å²) in [4.78, 5) is 36.0. The molecule has 3 atom stereocenters. The van der Waals surface area contributed by atoms with E-state index >= 15 is 0 Å². The molecule has 250 valence electrons. The molecule has 1 aliphatic rings. The number of nitrogens with zero attached hydrogens (tertiary/aromatic N) is 6. The van der Waals surface area contributed by atoms with Gasteiger partial charge in [-0.05, 0) is 85.5 Å². The molecule has 2 aromatic carbocycles. The predicted molar refractivity (Wildman–Crippen MR) is 186 cm³/mol. The maximum atomic E-state index is 13.1. The van der Waals surface area contributed by atoms with Gasteiger partial charge in [0.15, 0.2) is 5.82 Å². The highest BCUT2D eigenvalue weighted by Crippen LogP contribution is 2.47. The molecule has 1 heterocycles. The Balaban J connectivity index is 1.92. The second kappa shape index (κ2) is 14.4. The number of carbonyl (C=O) groups is 1. The summed E-state index contributed by atoms with van der Waals surface area (Å²) in [5.74, 6) is -0.243. The number of nitrogens with one attached hydrogen (secondary N) is 1. The standard InChI is InChI=1S/C37H49N7O3/c1-11-31(22-38)44(12-2)25(4)23-39-24(3)21-37(35-40-36(46)47-43(35)10)32-17-15-27(26(5)41(6)7)19-28(32)13-14-29-20-30(16-18-33(29)37)34(45)42(8)9/h15-20,24,31,39H,4-5,11-14,21,23H2,1-3,6-10H3/t24-,31?,37?/m0/s1. The van der Waals surface area contributed by atoms with Crippen molar-refractivity contribution in [1.82, 2.24) is 29.7 Å². The van der Waals surface area contributed by atoms with Gasteiger partial charge in [0.1, 0.15) is 6.04 Å². The summed E-state index contributed by atoms with van der Waals surface area (Å²) in [6.07, 6.45) is 2.65. The first-order valence-electron chi connectivity index (χ1n) is 16.3. The summed E-state index contributed by atoms with van der Waals surface area (Å²) >= 11 is 0. The van der Waals surface area contributed by atoms with Crippen LogP contribution in [-0.4, -0.2) is 83.7 Å². The topological polar surface area (TPSA) is 111 Å². The molecule has 0 saturated carbocycles. The van der Waals surface area contributed by atoms with Crippen LogP contribution >= 0.6 is 0 Å². The van der Waals surface area contributed by atoms with Gasteiger partial charge in [0.05, 0.1) is 11.5 Å². The number of hydrogen-bond donors (Lipinski definition) is 1. The second-order valence-corrected chi connectivity index (χ2v) is 12.9. The first-order chi connectivity index (χ1) is 22.3. The van der Waals surface area contributed by atoms with Crippen molar-refractivity contribution in [2.75, 3.05) is 41.3 Å². The van der Waals surface area contributed by atoms with Gasteiger partial charge < -0.3 is 24.5 Å². The van der Waals surface area contributed by atoms with Crippen LogP contribution in [0.2, 0.25) is 0 Å². The van der Waals surface area contributed by atoms with Crippen molar-refractivity contribution in [3.8, 4) is 6.07 Å². The predicted octanol–water partition coefficient (Wildman–Crippen LogP) is 4.55. The molecule has 10 nitrogen and oxygen atoms in total. The normalized spacial score (nSPS) is 16.6. The Labute approximate surface area is 278 Å². The first kappa shape index (κ1) is 35.2. The average molecular weight is 640 g/mol. The minimum Gasteiger partial charge on any atom is -0.378 e. The van der Waals surface area contributed by atoms with E-state index in [1.807, 2.05) is 55.9 Å². The van der Waals surface area contributed by atoms with Crippen molar-refractivity contribution < 1.29 is 9.32 Å². The highest BCUT2D eigenvalue weighted by molar-refractivity contribution is 5.94. The Morgan fingerprint density at radius 2 is 1.66 bits per heavy atom. The van der Waals surface area contributed by atoms with Gasteiger partial charge in [0.2, 0.25) is 0 Å². The van der Waals surface area contributed by atoms with Crippen molar-refractivity contribution in [1.29, 1.82) is 5.26 Å². The van der Waals surface area contributed by atoms with E-state index in [1.54, 1.807) is 26.0 Å². The Kier molecular flexibility index (Phi) is 10.8. The monoisotopic (exact) mass is 639 g/mol. The summed E-state index contributed by atoms with van der Waals surface area (Å²) in [6.45, 7) is 15.9. The van der Waals surface area contributed by atoms with Crippen molar-refractivity contribution >= 4 is 11.6 Å². The van der Waals surface area contributed by atoms with Gasteiger partial charge >= 0.3 is 5.76 Å². The van der Waals surface area contributed by atoms with E-state index in [2.05, 4.69) is 54.7 Å². The number of benzene rings is 2. The largest absolute Gasteiger partial charge is 0.459 e. The number of hydrogen-bond acceptors (Lipinski definition) is 8. The van der Waals surface area contributed by atoms with E-state index in [-0.39, 0.29) is 18.0 Å². The lowest BCUT2D eigenvalue weighted by Gasteiger charge is -2.38. The third kappa shape index (κ3) is 6.91. The third-order valence-electron chi connectivity index (χ3n) is 9.34. The molecule has 4 rings (SSSR count). The van der Waals surface area contributed by atoms with Gasteiger partial charge in [0.25, 0.3) is 5.91 Å². The van der Waals surface area contributed by atoms with Crippen LogP contribution in [0, 0.1) is 11.3 Å². The Morgan fingerprint density at radius 3 is 2.15 bits per heavy atom. The van der Waals surface area contributed by atoms with Crippen LogP contribution in [-0.2, 0) is 25.3 Å². The molecular formula is C37H49N7O3. The lowest BCUT2D eigenvalue weighted by Crippen LogP contribution is -2.43. The molecule has 0 fully saturated rings. The molecule has 1 N–H and O–H groups in total. The summed E-state index contributed by atoms with van der Waals surface area (Å²) in [5, 5.41) is 13.4. The number of aryl methyl sites for hydroxylation is 3. The summed E-state index contributed by atoms with van der Waals surface area (Å²) < 4.78 is 7.01. The SMILES string of the molecule is C=C(c1ccc2c(c1)CCc1cc(C(=O)N(C)C)ccc1C2(C[C@H](C)NCC(=C)N(CC)C(C#N)CC)c1nc(=O)on1C)N(C)C. The van der Waals surface area contributed by atoms with Crippen molar-refractivity contribution in [3.63, 3.8) is 0 Å². The van der Waals surface area contributed by atoms with Crippen LogP contribution in [0.1, 0.15) is 77.6 Å². The molecule has 1 aliphatic carbocycles. The Morgan fingerprint density at radius 1 is 1.06 bits per heavy atom. The van der Waals surface area contributed by atoms with Crippen LogP contribution in [0.4, 0.5) is 0 Å². The second-order valence-electron chi connectivity index (χ2n) is 12.9. The summed E-state index contributed by atoms with van der Waals surface area (Å²) in [6, 6.07) is 14.3. The van der Waals surface area contributed by atoms with Crippen LogP contribution in [0.5, 0.6) is 0 Å². The molecule has 0 radical (unpaired) electrons. The first-order valence-corrected chi connectivity index (χ1v) is 16.3. The number of likely N-dealkylation sites (N-methyl/N-ethyl adjacent to an activating group) is 1. The van der Waals surface area contributed by atoms with Gasteiger partial charge in [-0.1, -0.05) is 38.3 Å². The smallest absolute Gasteiger partial charge is 0.378 e. The van der Waals surface area contributed by atoms with Crippen molar-refractivity contribution in [2.45, 2.75) is 64.0 Å². The molecule has 47 heavy (non-hydrogen) atoms. The van der Waals surface area contributed by atoms with Crippen molar-refractivity contribution in [3.05, 3.63) is 105 Å². The maximum Gasteiger partial charge on any atom is 0.459 e. The van der Waals surface area contributed by atoms with Gasteiger partial charge in [0, 0.05) is 71.3 Å².